The van der Waals surface area contributed by atoms with E-state index in [-0.39, 0.29) is 5.91 Å². The second kappa shape index (κ2) is 8.00. The molecule has 122 valence electrons. The zero-order valence-electron chi connectivity index (χ0n) is 13.4. The number of rotatable bonds is 6. The van der Waals surface area contributed by atoms with Crippen molar-refractivity contribution in [3.8, 4) is 11.5 Å². The van der Waals surface area contributed by atoms with Gasteiger partial charge < -0.3 is 24.4 Å². The molecule has 0 spiro atoms. The lowest BCUT2D eigenvalue weighted by Crippen LogP contribution is -2.49. The molecule has 22 heavy (non-hydrogen) atoms. The second-order valence-electron chi connectivity index (χ2n) is 5.11. The molecule has 1 fully saturated rings. The fourth-order valence-electron chi connectivity index (χ4n) is 2.47. The number of methoxy groups -OCH3 is 2. The molecule has 2 rings (SSSR count). The molecule has 6 nitrogen and oxygen atoms in total. The van der Waals surface area contributed by atoms with Crippen LogP contribution in [0.5, 0.6) is 11.5 Å². The molecule has 0 aliphatic carbocycles. The molecule has 1 N–H and O–H groups in total. The van der Waals surface area contributed by atoms with Crippen LogP contribution < -0.4 is 14.8 Å². The third-order valence-corrected chi connectivity index (χ3v) is 3.72. The molecule has 0 radical (unpaired) electrons. The van der Waals surface area contributed by atoms with E-state index < -0.39 is 6.10 Å². The predicted molar refractivity (Wildman–Crippen MR) is 83.2 cm³/mol. The molecular formula is C16H24N2O4. The van der Waals surface area contributed by atoms with E-state index >= 15 is 0 Å². The standard InChI is InChI=1S/C16H24N2O4/c1-4-18(16(19)15-10-17-7-8-22-15)11-12-5-6-13(20-2)14(9-12)21-3/h5-6,9,15,17H,4,7-8,10-11H2,1-3H3/t15-/m1/s1. The Morgan fingerprint density at radius 3 is 2.73 bits per heavy atom. The van der Waals surface area contributed by atoms with E-state index in [4.69, 9.17) is 14.2 Å². The van der Waals surface area contributed by atoms with Crippen LogP contribution in [0.3, 0.4) is 0 Å². The van der Waals surface area contributed by atoms with Gasteiger partial charge in [0.1, 0.15) is 6.10 Å². The molecule has 1 saturated heterocycles. The predicted octanol–water partition coefficient (Wildman–Crippen LogP) is 1.04. The number of amides is 1. The van der Waals surface area contributed by atoms with Crippen molar-refractivity contribution in [2.45, 2.75) is 19.6 Å². The van der Waals surface area contributed by atoms with Gasteiger partial charge >= 0.3 is 0 Å². The Labute approximate surface area is 131 Å². The topological polar surface area (TPSA) is 60.0 Å². The molecule has 0 saturated carbocycles. The zero-order valence-corrected chi connectivity index (χ0v) is 13.4. The molecule has 1 heterocycles. The Kier molecular flexibility index (Phi) is 6.03. The fraction of sp³-hybridized carbons (Fsp3) is 0.562. The maximum Gasteiger partial charge on any atom is 0.253 e. The van der Waals surface area contributed by atoms with Gasteiger partial charge in [-0.1, -0.05) is 6.07 Å². The summed E-state index contributed by atoms with van der Waals surface area (Å²) in [7, 11) is 3.21. The van der Waals surface area contributed by atoms with Gasteiger partial charge in [-0.05, 0) is 24.6 Å². The minimum Gasteiger partial charge on any atom is -0.493 e. The quantitative estimate of drug-likeness (QED) is 0.851. The summed E-state index contributed by atoms with van der Waals surface area (Å²) < 4.78 is 16.1. The zero-order chi connectivity index (χ0) is 15.9. The van der Waals surface area contributed by atoms with E-state index in [0.29, 0.717) is 37.7 Å². The summed E-state index contributed by atoms with van der Waals surface area (Å²) in [5, 5.41) is 3.18. The van der Waals surface area contributed by atoms with Gasteiger partial charge in [-0.2, -0.15) is 0 Å². The molecule has 1 amide bonds. The van der Waals surface area contributed by atoms with Crippen LogP contribution in [0, 0.1) is 0 Å². The van der Waals surface area contributed by atoms with Gasteiger partial charge in [0.05, 0.1) is 20.8 Å². The summed E-state index contributed by atoms with van der Waals surface area (Å²) in [4.78, 5) is 14.3. The van der Waals surface area contributed by atoms with E-state index in [1.54, 1.807) is 19.1 Å². The SMILES string of the molecule is CCN(Cc1ccc(OC)c(OC)c1)C(=O)[C@H]1CNCCO1. The van der Waals surface area contributed by atoms with E-state index in [0.717, 1.165) is 12.1 Å². The average molecular weight is 308 g/mol. The number of nitrogens with zero attached hydrogens (tertiary/aromatic N) is 1. The van der Waals surface area contributed by atoms with Gasteiger partial charge in [-0.25, -0.2) is 0 Å². The molecular weight excluding hydrogens is 284 g/mol. The average Bonchev–Trinajstić information content (AvgIpc) is 2.59. The highest BCUT2D eigenvalue weighted by Gasteiger charge is 2.26. The smallest absolute Gasteiger partial charge is 0.253 e. The Morgan fingerprint density at radius 2 is 2.14 bits per heavy atom. The Balaban J connectivity index is 2.07. The first-order chi connectivity index (χ1) is 10.7. The van der Waals surface area contributed by atoms with Gasteiger partial charge in [-0.15, -0.1) is 0 Å². The first-order valence-corrected chi connectivity index (χ1v) is 7.51. The monoisotopic (exact) mass is 308 g/mol. The highest BCUT2D eigenvalue weighted by molar-refractivity contribution is 5.81. The van der Waals surface area contributed by atoms with Crippen molar-refractivity contribution in [2.75, 3.05) is 40.5 Å². The van der Waals surface area contributed by atoms with Gasteiger partial charge in [0.15, 0.2) is 11.5 Å². The minimum absolute atomic E-state index is 0.0180. The van der Waals surface area contributed by atoms with Crippen molar-refractivity contribution >= 4 is 5.91 Å². The summed E-state index contributed by atoms with van der Waals surface area (Å²) in [6.07, 6.45) is -0.395. The summed E-state index contributed by atoms with van der Waals surface area (Å²) >= 11 is 0. The maximum absolute atomic E-state index is 12.5. The molecule has 1 aromatic carbocycles. The van der Waals surface area contributed by atoms with Crippen LogP contribution in [0.4, 0.5) is 0 Å². The Morgan fingerprint density at radius 1 is 1.36 bits per heavy atom. The van der Waals surface area contributed by atoms with Crippen molar-refractivity contribution in [1.29, 1.82) is 0 Å². The largest absolute Gasteiger partial charge is 0.493 e. The molecule has 1 aliphatic heterocycles. The lowest BCUT2D eigenvalue weighted by Gasteiger charge is -2.29. The van der Waals surface area contributed by atoms with Crippen molar-refractivity contribution in [3.63, 3.8) is 0 Å². The number of nitrogens with one attached hydrogen (secondary N) is 1. The number of likely N-dealkylation sites (N-methyl/N-ethyl adjacent to an activating group) is 1. The fourth-order valence-corrected chi connectivity index (χ4v) is 2.47. The summed E-state index contributed by atoms with van der Waals surface area (Å²) in [5.41, 5.74) is 0.997. The van der Waals surface area contributed by atoms with Crippen molar-refractivity contribution < 1.29 is 19.0 Å². The highest BCUT2D eigenvalue weighted by Crippen LogP contribution is 2.28. The summed E-state index contributed by atoms with van der Waals surface area (Å²) in [6.45, 7) is 5.06. The first-order valence-electron chi connectivity index (χ1n) is 7.51. The maximum atomic E-state index is 12.5. The number of benzene rings is 1. The third-order valence-electron chi connectivity index (χ3n) is 3.72. The van der Waals surface area contributed by atoms with Gasteiger partial charge in [-0.3, -0.25) is 4.79 Å². The van der Waals surface area contributed by atoms with Crippen LogP contribution in [0.15, 0.2) is 18.2 Å². The van der Waals surface area contributed by atoms with Gasteiger partial charge in [0, 0.05) is 26.2 Å². The number of carbonyl (C=O) groups is 1. The Bertz CT molecular complexity index is 501. The van der Waals surface area contributed by atoms with Crippen LogP contribution >= 0.6 is 0 Å². The summed E-state index contributed by atoms with van der Waals surface area (Å²) in [6, 6.07) is 5.69. The van der Waals surface area contributed by atoms with Crippen LogP contribution in [0.1, 0.15) is 12.5 Å². The number of ether oxygens (including phenoxy) is 3. The molecule has 1 atom stereocenters. The van der Waals surface area contributed by atoms with Crippen molar-refractivity contribution in [1.82, 2.24) is 10.2 Å². The van der Waals surface area contributed by atoms with Crippen LogP contribution in [0.2, 0.25) is 0 Å². The van der Waals surface area contributed by atoms with Crippen LogP contribution in [-0.4, -0.2) is 57.4 Å². The minimum atomic E-state index is -0.395. The van der Waals surface area contributed by atoms with Gasteiger partial charge in [0.2, 0.25) is 0 Å². The highest BCUT2D eigenvalue weighted by atomic mass is 16.5. The van der Waals surface area contributed by atoms with E-state index in [1.165, 1.54) is 0 Å². The van der Waals surface area contributed by atoms with E-state index in [9.17, 15) is 4.79 Å². The van der Waals surface area contributed by atoms with Crippen molar-refractivity contribution in [2.24, 2.45) is 0 Å². The van der Waals surface area contributed by atoms with E-state index in [2.05, 4.69) is 5.32 Å². The number of hydrogen-bond acceptors (Lipinski definition) is 5. The number of hydrogen-bond donors (Lipinski definition) is 1. The van der Waals surface area contributed by atoms with Crippen LogP contribution in [0.25, 0.3) is 0 Å². The molecule has 1 aliphatic rings. The first kappa shape index (κ1) is 16.6. The number of morpholine rings is 1. The molecule has 0 unspecified atom stereocenters. The molecule has 0 aromatic heterocycles. The molecule has 6 heteroatoms. The Hall–Kier alpha value is -1.79. The number of carbonyl (C=O) groups excluding carboxylic acids is 1. The normalized spacial score (nSPS) is 17.9. The van der Waals surface area contributed by atoms with Crippen molar-refractivity contribution in [3.05, 3.63) is 23.8 Å². The summed E-state index contributed by atoms with van der Waals surface area (Å²) in [5.74, 6) is 1.36. The van der Waals surface area contributed by atoms with Crippen LogP contribution in [-0.2, 0) is 16.1 Å². The van der Waals surface area contributed by atoms with E-state index in [1.807, 2.05) is 25.1 Å². The lowest BCUT2D eigenvalue weighted by molar-refractivity contribution is -0.145. The van der Waals surface area contributed by atoms with Gasteiger partial charge in [0.25, 0.3) is 5.91 Å². The third kappa shape index (κ3) is 3.90. The second-order valence-corrected chi connectivity index (χ2v) is 5.11. The molecule has 0 bridgehead atoms. The molecule has 1 aromatic rings. The lowest BCUT2D eigenvalue weighted by atomic mass is 10.1.